The van der Waals surface area contributed by atoms with E-state index in [1.54, 1.807) is 18.5 Å². The molecule has 1 aromatic heterocycles. The van der Waals surface area contributed by atoms with E-state index in [2.05, 4.69) is 10.3 Å². The fraction of sp³-hybridized carbons (Fsp3) is 0.429. The summed E-state index contributed by atoms with van der Waals surface area (Å²) in [6, 6.07) is 5.15. The molecule has 1 amide bonds. The second-order valence-electron chi connectivity index (χ2n) is 5.07. The van der Waals surface area contributed by atoms with E-state index in [0.29, 0.717) is 18.6 Å². The fourth-order valence-electron chi connectivity index (χ4n) is 2.42. The number of carbonyl (C=O) groups is 1. The van der Waals surface area contributed by atoms with Crippen molar-refractivity contribution in [3.63, 3.8) is 0 Å². The van der Waals surface area contributed by atoms with Crippen LogP contribution < -0.4 is 5.32 Å². The molecule has 1 fully saturated rings. The predicted molar refractivity (Wildman–Crippen MR) is 73.4 cm³/mol. The number of hydrogen-bond acceptors (Lipinski definition) is 4. The van der Waals surface area contributed by atoms with Crippen molar-refractivity contribution < 1.29 is 14.6 Å². The number of aromatic nitrogens is 2. The summed E-state index contributed by atoms with van der Waals surface area (Å²) < 4.78 is 7.05. The van der Waals surface area contributed by atoms with Crippen LogP contribution in [0, 0.1) is 0 Å². The molecule has 0 spiro atoms. The van der Waals surface area contributed by atoms with Gasteiger partial charge in [-0.1, -0.05) is 0 Å². The SMILES string of the molecule is Cn1cnc2cc(C(=O)N[C@@H]3CCOC[C@H]3O)ccc21. The molecule has 6 heteroatoms. The minimum absolute atomic E-state index is 0.191. The van der Waals surface area contributed by atoms with Crippen LogP contribution in [0.1, 0.15) is 16.8 Å². The zero-order valence-electron chi connectivity index (χ0n) is 11.2. The minimum Gasteiger partial charge on any atom is -0.389 e. The molecule has 1 aromatic carbocycles. The summed E-state index contributed by atoms with van der Waals surface area (Å²) >= 11 is 0. The Balaban J connectivity index is 1.78. The lowest BCUT2D eigenvalue weighted by Gasteiger charge is -2.28. The zero-order chi connectivity index (χ0) is 14.1. The van der Waals surface area contributed by atoms with E-state index in [1.807, 2.05) is 17.7 Å². The smallest absolute Gasteiger partial charge is 0.251 e. The van der Waals surface area contributed by atoms with Crippen LogP contribution >= 0.6 is 0 Å². The van der Waals surface area contributed by atoms with E-state index in [9.17, 15) is 9.90 Å². The van der Waals surface area contributed by atoms with Gasteiger partial charge in [-0.2, -0.15) is 0 Å². The predicted octanol–water partition coefficient (Wildman–Crippen LogP) is 0.453. The molecule has 0 aliphatic carbocycles. The molecule has 2 heterocycles. The number of carbonyl (C=O) groups excluding carboxylic acids is 1. The number of benzene rings is 1. The first kappa shape index (κ1) is 13.1. The van der Waals surface area contributed by atoms with Gasteiger partial charge in [0.2, 0.25) is 0 Å². The lowest BCUT2D eigenvalue weighted by Crippen LogP contribution is -2.48. The lowest BCUT2D eigenvalue weighted by molar-refractivity contribution is -0.0260. The highest BCUT2D eigenvalue weighted by Crippen LogP contribution is 2.15. The summed E-state index contributed by atoms with van der Waals surface area (Å²) in [5.74, 6) is -0.191. The van der Waals surface area contributed by atoms with Crippen molar-refractivity contribution in [3.8, 4) is 0 Å². The normalized spacial score (nSPS) is 22.9. The Morgan fingerprint density at radius 3 is 3.20 bits per heavy atom. The van der Waals surface area contributed by atoms with E-state index in [4.69, 9.17) is 4.74 Å². The number of aliphatic hydroxyl groups is 1. The molecule has 0 unspecified atom stereocenters. The molecule has 2 atom stereocenters. The molecule has 106 valence electrons. The highest BCUT2D eigenvalue weighted by Gasteiger charge is 2.25. The van der Waals surface area contributed by atoms with Gasteiger partial charge in [0.05, 0.1) is 36.1 Å². The average molecular weight is 275 g/mol. The van der Waals surface area contributed by atoms with Crippen molar-refractivity contribution in [2.24, 2.45) is 7.05 Å². The van der Waals surface area contributed by atoms with E-state index >= 15 is 0 Å². The Bertz CT molecular complexity index is 638. The Labute approximate surface area is 116 Å². The monoisotopic (exact) mass is 275 g/mol. The van der Waals surface area contributed by atoms with Crippen molar-refractivity contribution in [1.82, 2.24) is 14.9 Å². The number of hydrogen-bond donors (Lipinski definition) is 2. The summed E-state index contributed by atoms with van der Waals surface area (Å²) in [4.78, 5) is 16.4. The standard InChI is InChI=1S/C14H17N3O3/c1-17-8-15-11-6-9(2-3-12(11)17)14(19)16-10-4-5-20-7-13(10)18/h2-3,6,8,10,13,18H,4-5,7H2,1H3,(H,16,19)/t10-,13-/m1/s1. The van der Waals surface area contributed by atoms with Crippen LogP contribution in [0.15, 0.2) is 24.5 Å². The van der Waals surface area contributed by atoms with Gasteiger partial charge in [-0.25, -0.2) is 4.98 Å². The van der Waals surface area contributed by atoms with Gasteiger partial charge in [-0.3, -0.25) is 4.79 Å². The maximum Gasteiger partial charge on any atom is 0.251 e. The number of aliphatic hydroxyl groups excluding tert-OH is 1. The van der Waals surface area contributed by atoms with E-state index in [1.165, 1.54) is 0 Å². The molecular formula is C14H17N3O3. The molecule has 20 heavy (non-hydrogen) atoms. The van der Waals surface area contributed by atoms with Gasteiger partial charge in [-0.05, 0) is 24.6 Å². The van der Waals surface area contributed by atoms with Crippen LogP contribution in [0.2, 0.25) is 0 Å². The molecule has 1 saturated heterocycles. The fourth-order valence-corrected chi connectivity index (χ4v) is 2.42. The minimum atomic E-state index is -0.647. The molecule has 1 aliphatic heterocycles. The molecule has 0 bridgehead atoms. The zero-order valence-corrected chi connectivity index (χ0v) is 11.2. The Hall–Kier alpha value is -1.92. The highest BCUT2D eigenvalue weighted by molar-refractivity contribution is 5.97. The third-order valence-electron chi connectivity index (χ3n) is 3.63. The summed E-state index contributed by atoms with van der Waals surface area (Å²) in [7, 11) is 1.91. The number of aryl methyl sites for hydroxylation is 1. The van der Waals surface area contributed by atoms with Crippen LogP contribution in [-0.4, -0.2) is 45.9 Å². The highest BCUT2D eigenvalue weighted by atomic mass is 16.5. The quantitative estimate of drug-likeness (QED) is 0.834. The largest absolute Gasteiger partial charge is 0.389 e. The van der Waals surface area contributed by atoms with Crippen molar-refractivity contribution >= 4 is 16.9 Å². The van der Waals surface area contributed by atoms with Gasteiger partial charge >= 0.3 is 0 Å². The van der Waals surface area contributed by atoms with Gasteiger partial charge in [0.1, 0.15) is 0 Å². The Morgan fingerprint density at radius 2 is 2.40 bits per heavy atom. The van der Waals surface area contributed by atoms with E-state index in [-0.39, 0.29) is 18.6 Å². The number of rotatable bonds is 2. The number of fused-ring (bicyclic) bond motifs is 1. The van der Waals surface area contributed by atoms with Gasteiger partial charge in [0, 0.05) is 19.2 Å². The van der Waals surface area contributed by atoms with Crippen molar-refractivity contribution in [2.45, 2.75) is 18.6 Å². The number of nitrogens with zero attached hydrogens (tertiary/aromatic N) is 2. The van der Waals surface area contributed by atoms with Crippen LogP contribution in [0.5, 0.6) is 0 Å². The Morgan fingerprint density at radius 1 is 1.55 bits per heavy atom. The number of imidazole rings is 1. The molecule has 2 aromatic rings. The third kappa shape index (κ3) is 2.39. The van der Waals surface area contributed by atoms with Gasteiger partial charge in [-0.15, -0.1) is 0 Å². The number of amides is 1. The first-order valence-corrected chi connectivity index (χ1v) is 6.63. The van der Waals surface area contributed by atoms with Gasteiger partial charge in [0.25, 0.3) is 5.91 Å². The number of ether oxygens (including phenoxy) is 1. The van der Waals surface area contributed by atoms with E-state index < -0.39 is 6.10 Å². The number of nitrogens with one attached hydrogen (secondary N) is 1. The summed E-state index contributed by atoms with van der Waals surface area (Å²) in [6.07, 6.45) is 1.69. The molecule has 1 aliphatic rings. The van der Waals surface area contributed by atoms with Crippen LogP contribution in [0.25, 0.3) is 11.0 Å². The van der Waals surface area contributed by atoms with E-state index in [0.717, 1.165) is 11.0 Å². The van der Waals surface area contributed by atoms with Crippen LogP contribution in [0.3, 0.4) is 0 Å². The summed E-state index contributed by atoms with van der Waals surface area (Å²) in [6.45, 7) is 0.825. The molecule has 2 N–H and O–H groups in total. The molecule has 3 rings (SSSR count). The van der Waals surface area contributed by atoms with Crippen LogP contribution in [0.4, 0.5) is 0 Å². The average Bonchev–Trinajstić information content (AvgIpc) is 2.82. The third-order valence-corrected chi connectivity index (χ3v) is 3.63. The second-order valence-corrected chi connectivity index (χ2v) is 5.07. The van der Waals surface area contributed by atoms with Crippen LogP contribution in [-0.2, 0) is 11.8 Å². The molecule has 0 radical (unpaired) electrons. The second kappa shape index (κ2) is 5.22. The molecule has 0 saturated carbocycles. The first-order chi connectivity index (χ1) is 9.65. The summed E-state index contributed by atoms with van der Waals surface area (Å²) in [5, 5.41) is 12.6. The van der Waals surface area contributed by atoms with Gasteiger partial charge in [0.15, 0.2) is 0 Å². The topological polar surface area (TPSA) is 76.4 Å². The molecule has 6 nitrogen and oxygen atoms in total. The van der Waals surface area contributed by atoms with Crippen molar-refractivity contribution in [2.75, 3.05) is 13.2 Å². The van der Waals surface area contributed by atoms with Crippen molar-refractivity contribution in [1.29, 1.82) is 0 Å². The maximum absolute atomic E-state index is 12.2. The maximum atomic E-state index is 12.2. The van der Waals surface area contributed by atoms with Gasteiger partial charge < -0.3 is 19.7 Å². The lowest BCUT2D eigenvalue weighted by atomic mass is 10.1. The van der Waals surface area contributed by atoms with Crippen molar-refractivity contribution in [3.05, 3.63) is 30.1 Å². The molecular weight excluding hydrogens is 258 g/mol. The Kier molecular flexibility index (Phi) is 3.42. The summed E-state index contributed by atoms with van der Waals surface area (Å²) in [5.41, 5.74) is 2.32. The first-order valence-electron chi connectivity index (χ1n) is 6.63.